The quantitative estimate of drug-likeness (QED) is 0.810. The molecule has 0 aliphatic carbocycles. The van der Waals surface area contributed by atoms with Crippen molar-refractivity contribution in [2.45, 2.75) is 6.10 Å². The van der Waals surface area contributed by atoms with Crippen molar-refractivity contribution in [3.63, 3.8) is 0 Å². The van der Waals surface area contributed by atoms with Gasteiger partial charge in [0.15, 0.2) is 11.5 Å². The van der Waals surface area contributed by atoms with Gasteiger partial charge in [0.1, 0.15) is 6.10 Å². The van der Waals surface area contributed by atoms with Gasteiger partial charge in [-0.15, -0.1) is 11.3 Å². The Morgan fingerprint density at radius 3 is 2.35 bits per heavy atom. The van der Waals surface area contributed by atoms with Gasteiger partial charge in [-0.3, -0.25) is 4.79 Å². The number of benzene rings is 1. The van der Waals surface area contributed by atoms with E-state index in [-0.39, 0.29) is 12.5 Å². The van der Waals surface area contributed by atoms with E-state index in [0.717, 1.165) is 4.88 Å². The van der Waals surface area contributed by atoms with Crippen LogP contribution in [0.25, 0.3) is 0 Å². The van der Waals surface area contributed by atoms with Gasteiger partial charge in [-0.2, -0.15) is 0 Å². The van der Waals surface area contributed by atoms with Crippen LogP contribution < -0.4 is 19.5 Å². The van der Waals surface area contributed by atoms with Gasteiger partial charge in [0.25, 0.3) is 5.91 Å². The summed E-state index contributed by atoms with van der Waals surface area (Å²) >= 11 is 1.44. The third kappa shape index (κ3) is 3.94. The molecule has 1 amide bonds. The van der Waals surface area contributed by atoms with Gasteiger partial charge in [-0.25, -0.2) is 0 Å². The number of thiophene rings is 1. The molecular formula is C16H19NO5S. The molecule has 0 fully saturated rings. The van der Waals surface area contributed by atoms with E-state index in [9.17, 15) is 9.90 Å². The summed E-state index contributed by atoms with van der Waals surface area (Å²) in [5.74, 6) is 0.886. The van der Waals surface area contributed by atoms with E-state index in [1.807, 2.05) is 17.5 Å². The Morgan fingerprint density at radius 1 is 1.22 bits per heavy atom. The molecule has 1 aromatic carbocycles. The molecule has 1 aromatic heterocycles. The van der Waals surface area contributed by atoms with Gasteiger partial charge < -0.3 is 24.6 Å². The van der Waals surface area contributed by atoms with Crippen molar-refractivity contribution in [3.8, 4) is 17.2 Å². The van der Waals surface area contributed by atoms with Crippen LogP contribution in [-0.2, 0) is 0 Å². The zero-order chi connectivity index (χ0) is 16.8. The Kier molecular flexibility index (Phi) is 5.84. The molecule has 0 aliphatic rings. The van der Waals surface area contributed by atoms with Gasteiger partial charge in [-0.05, 0) is 23.6 Å². The standard InChI is InChI=1S/C16H19NO5S/c1-20-12-7-10(8-13(21-2)15(12)22-3)16(19)17-9-11(18)14-5-4-6-23-14/h4-8,11,18H,9H2,1-3H3,(H,17,19). The summed E-state index contributed by atoms with van der Waals surface area (Å²) in [5, 5.41) is 14.6. The predicted octanol–water partition coefficient (Wildman–Crippen LogP) is 2.24. The van der Waals surface area contributed by atoms with Crippen LogP contribution in [0.15, 0.2) is 29.6 Å². The summed E-state index contributed by atoms with van der Waals surface area (Å²) in [6.45, 7) is 0.121. The second-order valence-electron chi connectivity index (χ2n) is 4.66. The van der Waals surface area contributed by atoms with Crippen LogP contribution in [0.1, 0.15) is 21.3 Å². The lowest BCUT2D eigenvalue weighted by atomic mass is 10.1. The highest BCUT2D eigenvalue weighted by Gasteiger charge is 2.18. The Balaban J connectivity index is 2.12. The smallest absolute Gasteiger partial charge is 0.251 e. The summed E-state index contributed by atoms with van der Waals surface area (Å²) in [6, 6.07) is 6.80. The number of carbonyl (C=O) groups is 1. The zero-order valence-corrected chi connectivity index (χ0v) is 14.0. The number of nitrogens with one attached hydrogen (secondary N) is 1. The lowest BCUT2D eigenvalue weighted by Gasteiger charge is -2.15. The molecule has 0 saturated carbocycles. The van der Waals surface area contributed by atoms with Crippen LogP contribution in [-0.4, -0.2) is 38.9 Å². The fourth-order valence-corrected chi connectivity index (χ4v) is 2.80. The minimum absolute atomic E-state index is 0.121. The highest BCUT2D eigenvalue weighted by molar-refractivity contribution is 7.10. The summed E-state index contributed by atoms with van der Waals surface area (Å²) in [5.41, 5.74) is 0.359. The van der Waals surface area contributed by atoms with Crippen molar-refractivity contribution in [1.29, 1.82) is 0 Å². The second-order valence-corrected chi connectivity index (χ2v) is 5.63. The van der Waals surface area contributed by atoms with Crippen molar-refractivity contribution in [2.24, 2.45) is 0 Å². The molecule has 2 N–H and O–H groups in total. The lowest BCUT2D eigenvalue weighted by molar-refractivity contribution is 0.0917. The fraction of sp³-hybridized carbons (Fsp3) is 0.312. The van der Waals surface area contributed by atoms with Crippen LogP contribution in [0.3, 0.4) is 0 Å². The molecule has 6 nitrogen and oxygen atoms in total. The van der Waals surface area contributed by atoms with Crippen molar-refractivity contribution in [3.05, 3.63) is 40.1 Å². The van der Waals surface area contributed by atoms with Gasteiger partial charge >= 0.3 is 0 Å². The van der Waals surface area contributed by atoms with E-state index in [1.54, 1.807) is 12.1 Å². The Labute approximate surface area is 138 Å². The topological polar surface area (TPSA) is 77.0 Å². The second kappa shape index (κ2) is 7.85. The van der Waals surface area contributed by atoms with E-state index in [1.165, 1.54) is 32.7 Å². The van der Waals surface area contributed by atoms with Crippen LogP contribution in [0.2, 0.25) is 0 Å². The average molecular weight is 337 g/mol. The van der Waals surface area contributed by atoms with Crippen molar-refractivity contribution in [2.75, 3.05) is 27.9 Å². The summed E-state index contributed by atoms with van der Waals surface area (Å²) < 4.78 is 15.7. The maximum Gasteiger partial charge on any atom is 0.251 e. The lowest BCUT2D eigenvalue weighted by Crippen LogP contribution is -2.28. The first-order valence-corrected chi connectivity index (χ1v) is 7.78. The minimum Gasteiger partial charge on any atom is -0.493 e. The number of aliphatic hydroxyl groups excluding tert-OH is 1. The zero-order valence-electron chi connectivity index (χ0n) is 13.2. The van der Waals surface area contributed by atoms with E-state index in [4.69, 9.17) is 14.2 Å². The summed E-state index contributed by atoms with van der Waals surface area (Å²) in [6.07, 6.45) is -0.735. The number of ether oxygens (including phenoxy) is 3. The molecule has 0 spiro atoms. The fourth-order valence-electron chi connectivity index (χ4n) is 2.09. The number of rotatable bonds is 7. The molecular weight excluding hydrogens is 318 g/mol. The molecule has 2 aromatic rings. The highest BCUT2D eigenvalue weighted by Crippen LogP contribution is 2.38. The number of amides is 1. The molecule has 0 bridgehead atoms. The minimum atomic E-state index is -0.735. The van der Waals surface area contributed by atoms with Crippen LogP contribution in [0.5, 0.6) is 17.2 Å². The molecule has 2 rings (SSSR count). The third-order valence-electron chi connectivity index (χ3n) is 3.25. The number of carbonyl (C=O) groups excluding carboxylic acids is 1. The highest BCUT2D eigenvalue weighted by atomic mass is 32.1. The van der Waals surface area contributed by atoms with Crippen molar-refractivity contribution < 1.29 is 24.1 Å². The Hall–Kier alpha value is -2.25. The first-order chi connectivity index (χ1) is 11.1. The number of hydrogen-bond donors (Lipinski definition) is 2. The SMILES string of the molecule is COc1cc(C(=O)NCC(O)c2cccs2)cc(OC)c1OC. The molecule has 0 saturated heterocycles. The third-order valence-corrected chi connectivity index (χ3v) is 4.23. The van der Waals surface area contributed by atoms with E-state index >= 15 is 0 Å². The van der Waals surface area contributed by atoms with Gasteiger partial charge in [-0.1, -0.05) is 6.07 Å². The summed E-state index contributed by atoms with van der Waals surface area (Å²) in [4.78, 5) is 13.1. The van der Waals surface area contributed by atoms with E-state index in [0.29, 0.717) is 22.8 Å². The molecule has 7 heteroatoms. The van der Waals surface area contributed by atoms with Crippen LogP contribution in [0.4, 0.5) is 0 Å². The largest absolute Gasteiger partial charge is 0.493 e. The first-order valence-electron chi connectivity index (χ1n) is 6.90. The predicted molar refractivity (Wildman–Crippen MR) is 87.7 cm³/mol. The molecule has 1 atom stereocenters. The average Bonchev–Trinajstić information content (AvgIpc) is 3.12. The number of hydrogen-bond acceptors (Lipinski definition) is 6. The Morgan fingerprint density at radius 2 is 1.87 bits per heavy atom. The van der Waals surface area contributed by atoms with Crippen molar-refractivity contribution in [1.82, 2.24) is 5.32 Å². The maximum absolute atomic E-state index is 12.3. The maximum atomic E-state index is 12.3. The molecule has 124 valence electrons. The summed E-state index contributed by atoms with van der Waals surface area (Å²) in [7, 11) is 4.47. The molecule has 0 aliphatic heterocycles. The van der Waals surface area contributed by atoms with E-state index < -0.39 is 6.10 Å². The van der Waals surface area contributed by atoms with Gasteiger partial charge in [0.2, 0.25) is 5.75 Å². The van der Waals surface area contributed by atoms with Crippen LogP contribution >= 0.6 is 11.3 Å². The van der Waals surface area contributed by atoms with Gasteiger partial charge in [0.05, 0.1) is 21.3 Å². The van der Waals surface area contributed by atoms with Crippen LogP contribution in [0, 0.1) is 0 Å². The molecule has 23 heavy (non-hydrogen) atoms. The monoisotopic (exact) mass is 337 g/mol. The first kappa shape index (κ1) is 17.1. The molecule has 1 heterocycles. The normalized spacial score (nSPS) is 11.7. The molecule has 1 unspecified atom stereocenters. The molecule has 0 radical (unpaired) electrons. The Bertz CT molecular complexity index is 631. The number of aliphatic hydroxyl groups is 1. The van der Waals surface area contributed by atoms with Crippen molar-refractivity contribution >= 4 is 17.2 Å². The number of methoxy groups -OCH3 is 3. The van der Waals surface area contributed by atoms with E-state index in [2.05, 4.69) is 5.32 Å². The van der Waals surface area contributed by atoms with Gasteiger partial charge in [0, 0.05) is 17.0 Å².